The van der Waals surface area contributed by atoms with E-state index in [2.05, 4.69) is 49.1 Å². The minimum Gasteiger partial charge on any atom is -0.478 e. The number of carbonyl (C=O) groups is 1. The number of aromatic nitrogens is 5. The van der Waals surface area contributed by atoms with E-state index in [9.17, 15) is 4.79 Å². The molecule has 0 unspecified atom stereocenters. The van der Waals surface area contributed by atoms with Crippen LogP contribution in [0.15, 0.2) is 30.6 Å². The highest BCUT2D eigenvalue weighted by Gasteiger charge is 2.23. The van der Waals surface area contributed by atoms with Crippen LogP contribution in [0.4, 0.5) is 5.95 Å². The molecule has 0 spiro atoms. The first-order chi connectivity index (χ1) is 14.5. The van der Waals surface area contributed by atoms with E-state index in [0.717, 1.165) is 56.6 Å². The van der Waals surface area contributed by atoms with E-state index < -0.39 is 5.97 Å². The number of nitrogens with zero attached hydrogens (tertiary/aromatic N) is 7. The molecule has 0 amide bonds. The van der Waals surface area contributed by atoms with Crippen molar-refractivity contribution in [2.75, 3.05) is 31.1 Å². The number of benzene rings is 1. The molecule has 0 radical (unpaired) electrons. The molecular formula is C21H27N7O2. The van der Waals surface area contributed by atoms with Crippen LogP contribution in [-0.4, -0.2) is 67.1 Å². The lowest BCUT2D eigenvalue weighted by Gasteiger charge is -2.34. The molecule has 4 rings (SSSR count). The Morgan fingerprint density at radius 2 is 1.97 bits per heavy atom. The lowest BCUT2D eigenvalue weighted by Crippen LogP contribution is -2.39. The number of hydrogen-bond donors (Lipinski definition) is 1. The highest BCUT2D eigenvalue weighted by atomic mass is 16.4. The summed E-state index contributed by atoms with van der Waals surface area (Å²) < 4.78 is 1.82. The predicted octanol–water partition coefficient (Wildman–Crippen LogP) is 2.20. The average molecular weight is 409 g/mol. The van der Waals surface area contributed by atoms with Gasteiger partial charge in [0.25, 0.3) is 0 Å². The molecule has 0 atom stereocenters. The zero-order valence-electron chi connectivity index (χ0n) is 17.4. The van der Waals surface area contributed by atoms with Gasteiger partial charge in [-0.2, -0.15) is 0 Å². The van der Waals surface area contributed by atoms with Gasteiger partial charge in [-0.05, 0) is 43.0 Å². The molecule has 2 aromatic heterocycles. The van der Waals surface area contributed by atoms with Gasteiger partial charge in [0.15, 0.2) is 0 Å². The normalized spacial score (nSPS) is 15.2. The Hall–Kier alpha value is -3.07. The molecule has 1 aromatic carbocycles. The first-order valence-electron chi connectivity index (χ1n) is 10.3. The van der Waals surface area contributed by atoms with Crippen LogP contribution >= 0.6 is 0 Å². The summed E-state index contributed by atoms with van der Waals surface area (Å²) in [6.07, 6.45) is 4.91. The number of hydrogen-bond acceptors (Lipinski definition) is 7. The molecule has 158 valence electrons. The highest BCUT2D eigenvalue weighted by molar-refractivity contribution is 5.86. The van der Waals surface area contributed by atoms with Crippen molar-refractivity contribution < 1.29 is 9.90 Å². The maximum atomic E-state index is 11.0. The molecule has 3 aromatic rings. The van der Waals surface area contributed by atoms with Crippen molar-refractivity contribution in [3.63, 3.8) is 0 Å². The molecule has 30 heavy (non-hydrogen) atoms. The molecule has 1 saturated heterocycles. The summed E-state index contributed by atoms with van der Waals surface area (Å²) in [7, 11) is 1.92. The maximum Gasteiger partial charge on any atom is 0.338 e. The molecule has 0 aliphatic carbocycles. The summed E-state index contributed by atoms with van der Waals surface area (Å²) in [4.78, 5) is 24.0. The SMILES string of the molecule is CCN(Cc1ccc2nnn(C)c2c1)CC1CCN(c2ncc(C(=O)O)cn2)CC1. The molecule has 1 aliphatic heterocycles. The molecular weight excluding hydrogens is 382 g/mol. The van der Waals surface area contributed by atoms with E-state index in [-0.39, 0.29) is 5.56 Å². The van der Waals surface area contributed by atoms with Gasteiger partial charge in [-0.3, -0.25) is 4.90 Å². The molecule has 0 saturated carbocycles. The van der Waals surface area contributed by atoms with Crippen molar-refractivity contribution >= 4 is 23.0 Å². The fourth-order valence-electron chi connectivity index (χ4n) is 4.01. The summed E-state index contributed by atoms with van der Waals surface area (Å²) in [6, 6.07) is 6.36. The van der Waals surface area contributed by atoms with Crippen LogP contribution < -0.4 is 4.90 Å². The van der Waals surface area contributed by atoms with Crippen molar-refractivity contribution in [1.29, 1.82) is 0 Å². The van der Waals surface area contributed by atoms with Crippen LogP contribution in [-0.2, 0) is 13.6 Å². The molecule has 3 heterocycles. The fourth-order valence-corrected chi connectivity index (χ4v) is 4.01. The van der Waals surface area contributed by atoms with Crippen LogP contribution in [0, 0.1) is 5.92 Å². The van der Waals surface area contributed by atoms with Gasteiger partial charge >= 0.3 is 5.97 Å². The van der Waals surface area contributed by atoms with E-state index >= 15 is 0 Å². The minimum atomic E-state index is -1.00. The van der Waals surface area contributed by atoms with Crippen molar-refractivity contribution in [1.82, 2.24) is 29.9 Å². The van der Waals surface area contributed by atoms with Crippen LogP contribution in [0.5, 0.6) is 0 Å². The van der Waals surface area contributed by atoms with Gasteiger partial charge in [0.2, 0.25) is 5.95 Å². The standard InChI is InChI=1S/C21H27N7O2/c1-3-27(14-16-4-5-18-19(10-16)26(2)25-24-18)13-15-6-8-28(9-7-15)21-22-11-17(12-23-21)20(29)30/h4-5,10-12,15H,3,6-9,13-14H2,1-2H3,(H,29,30). The van der Waals surface area contributed by atoms with Crippen molar-refractivity contribution in [2.45, 2.75) is 26.3 Å². The predicted molar refractivity (Wildman–Crippen MR) is 113 cm³/mol. The lowest BCUT2D eigenvalue weighted by molar-refractivity contribution is 0.0696. The third-order valence-electron chi connectivity index (χ3n) is 5.83. The van der Waals surface area contributed by atoms with E-state index in [1.54, 1.807) is 0 Å². The van der Waals surface area contributed by atoms with E-state index in [1.807, 2.05) is 17.8 Å². The maximum absolute atomic E-state index is 11.0. The zero-order valence-corrected chi connectivity index (χ0v) is 17.4. The highest BCUT2D eigenvalue weighted by Crippen LogP contribution is 2.22. The van der Waals surface area contributed by atoms with Gasteiger partial charge in [-0.15, -0.1) is 5.10 Å². The second-order valence-electron chi connectivity index (χ2n) is 7.87. The Labute approximate surface area is 175 Å². The third-order valence-corrected chi connectivity index (χ3v) is 5.83. The van der Waals surface area contributed by atoms with Gasteiger partial charge in [-0.25, -0.2) is 19.4 Å². The smallest absolute Gasteiger partial charge is 0.338 e. The fraction of sp³-hybridized carbons (Fsp3) is 0.476. The summed E-state index contributed by atoms with van der Waals surface area (Å²) >= 11 is 0. The topological polar surface area (TPSA) is 100 Å². The largest absolute Gasteiger partial charge is 0.478 e. The number of anilines is 1. The monoisotopic (exact) mass is 409 g/mol. The third kappa shape index (κ3) is 4.40. The average Bonchev–Trinajstić information content (AvgIpc) is 3.14. The first-order valence-corrected chi connectivity index (χ1v) is 10.3. The van der Waals surface area contributed by atoms with Gasteiger partial charge in [-0.1, -0.05) is 18.2 Å². The number of fused-ring (bicyclic) bond motifs is 1. The van der Waals surface area contributed by atoms with Gasteiger partial charge < -0.3 is 10.0 Å². The first kappa shape index (κ1) is 20.2. The summed E-state index contributed by atoms with van der Waals surface area (Å²) in [6.45, 7) is 6.96. The van der Waals surface area contributed by atoms with Crippen LogP contribution in [0.25, 0.3) is 11.0 Å². The Morgan fingerprint density at radius 3 is 2.63 bits per heavy atom. The van der Waals surface area contributed by atoms with Crippen LogP contribution in [0.1, 0.15) is 35.7 Å². The molecule has 9 heteroatoms. The molecule has 0 bridgehead atoms. The van der Waals surface area contributed by atoms with Crippen molar-refractivity contribution in [3.8, 4) is 0 Å². The second kappa shape index (κ2) is 8.74. The minimum absolute atomic E-state index is 0.118. The van der Waals surface area contributed by atoms with Crippen LogP contribution in [0.2, 0.25) is 0 Å². The number of carboxylic acid groups (broad SMARTS) is 1. The molecule has 1 N–H and O–H groups in total. The molecule has 1 fully saturated rings. The number of carboxylic acids is 1. The summed E-state index contributed by atoms with van der Waals surface area (Å²) in [5.74, 6) is 0.240. The van der Waals surface area contributed by atoms with Gasteiger partial charge in [0, 0.05) is 45.6 Å². The number of piperidine rings is 1. The van der Waals surface area contributed by atoms with Crippen molar-refractivity contribution in [3.05, 3.63) is 41.7 Å². The van der Waals surface area contributed by atoms with E-state index in [4.69, 9.17) is 5.11 Å². The van der Waals surface area contributed by atoms with E-state index in [1.165, 1.54) is 18.0 Å². The Morgan fingerprint density at radius 1 is 1.23 bits per heavy atom. The number of aromatic carboxylic acids is 1. The number of rotatable bonds is 7. The second-order valence-corrected chi connectivity index (χ2v) is 7.87. The Bertz CT molecular complexity index is 1010. The van der Waals surface area contributed by atoms with E-state index in [0.29, 0.717) is 11.9 Å². The summed E-state index contributed by atoms with van der Waals surface area (Å²) in [5, 5.41) is 17.2. The van der Waals surface area contributed by atoms with Gasteiger partial charge in [0.05, 0.1) is 11.1 Å². The van der Waals surface area contributed by atoms with Gasteiger partial charge in [0.1, 0.15) is 5.52 Å². The quantitative estimate of drug-likeness (QED) is 0.634. The van der Waals surface area contributed by atoms with Crippen LogP contribution in [0.3, 0.4) is 0 Å². The lowest BCUT2D eigenvalue weighted by atomic mass is 9.96. The number of aryl methyl sites for hydroxylation is 1. The molecule has 1 aliphatic rings. The van der Waals surface area contributed by atoms with Crippen molar-refractivity contribution in [2.24, 2.45) is 13.0 Å². The Balaban J connectivity index is 1.32. The zero-order chi connectivity index (χ0) is 21.1. The Kier molecular flexibility index (Phi) is 5.89. The molecule has 9 nitrogen and oxygen atoms in total. The summed E-state index contributed by atoms with van der Waals surface area (Å²) in [5.41, 5.74) is 3.38.